The van der Waals surface area contributed by atoms with E-state index in [1.807, 2.05) is 23.9 Å². The molecule has 0 aliphatic carbocycles. The van der Waals surface area contributed by atoms with Gasteiger partial charge in [0.2, 0.25) is 0 Å². The standard InChI is InChI=1S/C18H27N3O3/c1-12-15(13(2)21(3)20-12)7-8-19-11-14-9-17(23-5)18(24-6)10-16(14)22-4/h9-10,19H,7-8,11H2,1-6H3. The zero-order chi connectivity index (χ0) is 17.7. The maximum absolute atomic E-state index is 5.46. The van der Waals surface area contributed by atoms with Crippen molar-refractivity contribution < 1.29 is 14.2 Å². The van der Waals surface area contributed by atoms with Gasteiger partial charge in [-0.1, -0.05) is 0 Å². The van der Waals surface area contributed by atoms with Crippen molar-refractivity contribution in [3.05, 3.63) is 34.6 Å². The second kappa shape index (κ2) is 8.06. The van der Waals surface area contributed by atoms with E-state index in [9.17, 15) is 0 Å². The van der Waals surface area contributed by atoms with Gasteiger partial charge in [0.15, 0.2) is 11.5 Å². The second-order valence-corrected chi connectivity index (χ2v) is 5.72. The zero-order valence-corrected chi connectivity index (χ0v) is 15.4. The Morgan fingerprint density at radius 3 is 2.17 bits per heavy atom. The summed E-state index contributed by atoms with van der Waals surface area (Å²) >= 11 is 0. The summed E-state index contributed by atoms with van der Waals surface area (Å²) in [6.45, 7) is 5.72. The monoisotopic (exact) mass is 333 g/mol. The molecule has 132 valence electrons. The lowest BCUT2D eigenvalue weighted by atomic mass is 10.1. The van der Waals surface area contributed by atoms with Gasteiger partial charge in [0, 0.05) is 30.9 Å². The third kappa shape index (κ3) is 3.82. The number of benzene rings is 1. The van der Waals surface area contributed by atoms with Crippen molar-refractivity contribution in [2.24, 2.45) is 7.05 Å². The molecule has 2 aromatic rings. The molecule has 0 aliphatic rings. The summed E-state index contributed by atoms with van der Waals surface area (Å²) < 4.78 is 18.1. The number of rotatable bonds is 8. The quantitative estimate of drug-likeness (QED) is 0.752. The number of aryl methyl sites for hydroxylation is 2. The van der Waals surface area contributed by atoms with Crippen LogP contribution in [0.2, 0.25) is 0 Å². The van der Waals surface area contributed by atoms with E-state index < -0.39 is 0 Å². The SMILES string of the molecule is COc1cc(OC)c(OC)cc1CNCCc1c(C)nn(C)c1C. The van der Waals surface area contributed by atoms with Crippen LogP contribution in [0.25, 0.3) is 0 Å². The van der Waals surface area contributed by atoms with Gasteiger partial charge in [0.1, 0.15) is 5.75 Å². The molecule has 0 radical (unpaired) electrons. The van der Waals surface area contributed by atoms with Crippen LogP contribution in [0.15, 0.2) is 12.1 Å². The first-order valence-electron chi connectivity index (χ1n) is 8.00. The van der Waals surface area contributed by atoms with Crippen molar-refractivity contribution >= 4 is 0 Å². The molecule has 0 saturated carbocycles. The smallest absolute Gasteiger partial charge is 0.164 e. The van der Waals surface area contributed by atoms with Gasteiger partial charge < -0.3 is 19.5 Å². The van der Waals surface area contributed by atoms with Gasteiger partial charge in [0.25, 0.3) is 0 Å². The summed E-state index contributed by atoms with van der Waals surface area (Å²) in [7, 11) is 6.89. The molecular weight excluding hydrogens is 306 g/mol. The van der Waals surface area contributed by atoms with Gasteiger partial charge in [-0.25, -0.2) is 0 Å². The number of aromatic nitrogens is 2. The maximum atomic E-state index is 5.46. The van der Waals surface area contributed by atoms with Crippen LogP contribution in [0, 0.1) is 13.8 Å². The lowest BCUT2D eigenvalue weighted by molar-refractivity contribution is 0.347. The fourth-order valence-corrected chi connectivity index (χ4v) is 2.85. The Balaban J connectivity index is 2.01. The van der Waals surface area contributed by atoms with E-state index >= 15 is 0 Å². The van der Waals surface area contributed by atoms with Crippen molar-refractivity contribution in [1.29, 1.82) is 0 Å². The number of ether oxygens (including phenoxy) is 3. The maximum Gasteiger partial charge on any atom is 0.164 e. The van der Waals surface area contributed by atoms with Gasteiger partial charge >= 0.3 is 0 Å². The molecule has 0 saturated heterocycles. The van der Waals surface area contributed by atoms with Crippen LogP contribution >= 0.6 is 0 Å². The van der Waals surface area contributed by atoms with E-state index in [1.165, 1.54) is 11.3 Å². The van der Waals surface area contributed by atoms with Gasteiger partial charge in [-0.3, -0.25) is 4.68 Å². The van der Waals surface area contributed by atoms with E-state index in [0.29, 0.717) is 18.0 Å². The van der Waals surface area contributed by atoms with Gasteiger partial charge in [-0.2, -0.15) is 5.10 Å². The predicted octanol–water partition coefficient (Wildman–Crippen LogP) is 2.40. The number of hydrogen-bond acceptors (Lipinski definition) is 5. The minimum atomic E-state index is 0.666. The van der Waals surface area contributed by atoms with Crippen molar-refractivity contribution in [3.63, 3.8) is 0 Å². The Kier molecular flexibility index (Phi) is 6.09. The molecule has 0 amide bonds. The van der Waals surface area contributed by atoms with Crippen LogP contribution in [0.1, 0.15) is 22.5 Å². The van der Waals surface area contributed by atoms with Crippen LogP contribution in [0.4, 0.5) is 0 Å². The predicted molar refractivity (Wildman–Crippen MR) is 94.2 cm³/mol. The molecule has 6 heteroatoms. The molecule has 1 N–H and O–H groups in total. The molecule has 1 aromatic carbocycles. The molecule has 0 bridgehead atoms. The van der Waals surface area contributed by atoms with Crippen molar-refractivity contribution in [3.8, 4) is 17.2 Å². The molecule has 24 heavy (non-hydrogen) atoms. The first-order valence-corrected chi connectivity index (χ1v) is 8.00. The van der Waals surface area contributed by atoms with Crippen LogP contribution in [-0.4, -0.2) is 37.7 Å². The first kappa shape index (κ1) is 18.1. The van der Waals surface area contributed by atoms with E-state index in [4.69, 9.17) is 14.2 Å². The van der Waals surface area contributed by atoms with Crippen LogP contribution < -0.4 is 19.5 Å². The average Bonchev–Trinajstić information content (AvgIpc) is 2.83. The zero-order valence-electron chi connectivity index (χ0n) is 15.4. The molecule has 2 rings (SSSR count). The molecule has 0 unspecified atom stereocenters. The molecule has 0 spiro atoms. The number of methoxy groups -OCH3 is 3. The van der Waals surface area contributed by atoms with Crippen LogP contribution in [-0.2, 0) is 20.0 Å². The number of nitrogens with zero attached hydrogens (tertiary/aromatic N) is 2. The Bertz CT molecular complexity index is 695. The third-order valence-corrected chi connectivity index (χ3v) is 4.31. The van der Waals surface area contributed by atoms with E-state index in [2.05, 4.69) is 24.3 Å². The highest BCUT2D eigenvalue weighted by Gasteiger charge is 2.12. The molecule has 0 aliphatic heterocycles. The van der Waals surface area contributed by atoms with E-state index in [0.717, 1.165) is 30.0 Å². The second-order valence-electron chi connectivity index (χ2n) is 5.72. The van der Waals surface area contributed by atoms with Gasteiger partial charge in [0.05, 0.1) is 27.0 Å². The first-order chi connectivity index (χ1) is 11.5. The Morgan fingerprint density at radius 2 is 1.62 bits per heavy atom. The normalized spacial score (nSPS) is 10.8. The molecule has 1 heterocycles. The lowest BCUT2D eigenvalue weighted by Gasteiger charge is -2.14. The number of nitrogens with one attached hydrogen (secondary N) is 1. The topological polar surface area (TPSA) is 57.5 Å². The molecule has 6 nitrogen and oxygen atoms in total. The molecule has 0 fully saturated rings. The van der Waals surface area contributed by atoms with Crippen LogP contribution in [0.3, 0.4) is 0 Å². The number of hydrogen-bond donors (Lipinski definition) is 1. The fourth-order valence-electron chi connectivity index (χ4n) is 2.85. The van der Waals surface area contributed by atoms with Gasteiger partial charge in [-0.05, 0) is 38.4 Å². The summed E-state index contributed by atoms with van der Waals surface area (Å²) in [5, 5.41) is 7.92. The van der Waals surface area contributed by atoms with Crippen LogP contribution in [0.5, 0.6) is 17.2 Å². The van der Waals surface area contributed by atoms with Crippen molar-refractivity contribution in [2.45, 2.75) is 26.8 Å². The fraction of sp³-hybridized carbons (Fsp3) is 0.500. The summed E-state index contributed by atoms with van der Waals surface area (Å²) in [6, 6.07) is 3.80. The van der Waals surface area contributed by atoms with Crippen molar-refractivity contribution in [1.82, 2.24) is 15.1 Å². The summed E-state index contributed by atoms with van der Waals surface area (Å²) in [6.07, 6.45) is 0.946. The highest BCUT2D eigenvalue weighted by atomic mass is 16.5. The minimum Gasteiger partial charge on any atom is -0.496 e. The summed E-state index contributed by atoms with van der Waals surface area (Å²) in [4.78, 5) is 0. The van der Waals surface area contributed by atoms with Gasteiger partial charge in [-0.15, -0.1) is 0 Å². The largest absolute Gasteiger partial charge is 0.496 e. The third-order valence-electron chi connectivity index (χ3n) is 4.31. The highest BCUT2D eigenvalue weighted by Crippen LogP contribution is 2.34. The average molecular weight is 333 g/mol. The minimum absolute atomic E-state index is 0.666. The van der Waals surface area contributed by atoms with E-state index in [-0.39, 0.29) is 0 Å². The Hall–Kier alpha value is -2.21. The van der Waals surface area contributed by atoms with E-state index in [1.54, 1.807) is 21.3 Å². The molecular formula is C18H27N3O3. The molecule has 0 atom stereocenters. The molecule has 1 aromatic heterocycles. The Morgan fingerprint density at radius 1 is 1.00 bits per heavy atom. The Labute approximate surface area is 143 Å². The summed E-state index contributed by atoms with van der Waals surface area (Å²) in [5.74, 6) is 2.16. The lowest BCUT2D eigenvalue weighted by Crippen LogP contribution is -2.18. The highest BCUT2D eigenvalue weighted by molar-refractivity contribution is 5.50. The van der Waals surface area contributed by atoms with Crippen molar-refractivity contribution in [2.75, 3.05) is 27.9 Å². The summed E-state index contributed by atoms with van der Waals surface area (Å²) in [5.41, 5.74) is 4.66.